The molecule has 5 nitrogen and oxygen atoms in total. The van der Waals surface area contributed by atoms with Crippen LogP contribution in [0.1, 0.15) is 26.2 Å². The van der Waals surface area contributed by atoms with Crippen molar-refractivity contribution in [2.75, 3.05) is 6.54 Å². The number of rotatable bonds is 4. The summed E-state index contributed by atoms with van der Waals surface area (Å²) in [4.78, 5) is 2.30. The molecule has 1 spiro atoms. The lowest BCUT2D eigenvalue weighted by atomic mass is 9.79. The van der Waals surface area contributed by atoms with Gasteiger partial charge in [0, 0.05) is 17.9 Å². The fourth-order valence-corrected chi connectivity index (χ4v) is 3.53. The molecule has 1 aliphatic carbocycles. The highest BCUT2D eigenvalue weighted by molar-refractivity contribution is 6.45. The van der Waals surface area contributed by atoms with Gasteiger partial charge in [0.25, 0.3) is 0 Å². The van der Waals surface area contributed by atoms with Crippen LogP contribution in [0.25, 0.3) is 0 Å². The monoisotopic (exact) mass is 252 g/mol. The first-order valence-electron chi connectivity index (χ1n) is 6.67. The van der Waals surface area contributed by atoms with Crippen molar-refractivity contribution in [3.05, 3.63) is 12.2 Å². The third kappa shape index (κ3) is 1.75. The molecule has 2 heterocycles. The molecule has 0 aromatic rings. The lowest BCUT2D eigenvalue weighted by Gasteiger charge is -2.24. The van der Waals surface area contributed by atoms with E-state index in [2.05, 4.69) is 11.5 Å². The van der Waals surface area contributed by atoms with Crippen LogP contribution in [0.3, 0.4) is 0 Å². The third-order valence-electron chi connectivity index (χ3n) is 4.78. The predicted molar refractivity (Wildman–Crippen MR) is 68.7 cm³/mol. The van der Waals surface area contributed by atoms with E-state index in [0.717, 1.165) is 31.4 Å². The normalized spacial score (nSPS) is 44.1. The average molecular weight is 252 g/mol. The van der Waals surface area contributed by atoms with Gasteiger partial charge in [0.2, 0.25) is 0 Å². The Hall–Kier alpha value is -0.395. The largest absolute Gasteiger partial charge is 0.456 e. The standard InChI is InChI=1S/C12H21BN2O3/c1-7(2)9(14)10-11(18-10)15-5-3-4-12(15)6-8(12)13(16)17/h8-11,16-17H,1,3-6,14H2,2H3/t8?,9-,10?,11?,12?/m0/s1. The van der Waals surface area contributed by atoms with E-state index in [1.165, 1.54) is 0 Å². The van der Waals surface area contributed by atoms with Gasteiger partial charge in [0.15, 0.2) is 0 Å². The van der Waals surface area contributed by atoms with E-state index < -0.39 is 7.12 Å². The Kier molecular flexibility index (Phi) is 2.84. The number of ether oxygens (including phenoxy) is 1. The number of epoxide rings is 1. The first-order valence-corrected chi connectivity index (χ1v) is 6.67. The molecule has 3 fully saturated rings. The van der Waals surface area contributed by atoms with Gasteiger partial charge < -0.3 is 20.5 Å². The van der Waals surface area contributed by atoms with Crippen LogP contribution in [0.15, 0.2) is 12.2 Å². The lowest BCUT2D eigenvalue weighted by Crippen LogP contribution is -2.41. The van der Waals surface area contributed by atoms with Crippen LogP contribution in [0.4, 0.5) is 0 Å². The molecule has 2 aliphatic heterocycles. The van der Waals surface area contributed by atoms with Crippen LogP contribution in [0.2, 0.25) is 5.82 Å². The topological polar surface area (TPSA) is 82.2 Å². The Labute approximate surface area is 108 Å². The van der Waals surface area contributed by atoms with Crippen molar-refractivity contribution in [1.82, 2.24) is 4.90 Å². The second kappa shape index (κ2) is 4.05. The maximum absolute atomic E-state index is 9.35. The molecule has 5 atom stereocenters. The zero-order valence-electron chi connectivity index (χ0n) is 10.7. The molecule has 3 aliphatic rings. The molecule has 0 amide bonds. The molecule has 18 heavy (non-hydrogen) atoms. The van der Waals surface area contributed by atoms with Gasteiger partial charge in [-0.1, -0.05) is 12.2 Å². The molecule has 6 heteroatoms. The first kappa shape index (κ1) is 12.6. The molecule has 3 rings (SSSR count). The lowest BCUT2D eigenvalue weighted by molar-refractivity contribution is 0.145. The van der Waals surface area contributed by atoms with Gasteiger partial charge in [-0.15, -0.1) is 0 Å². The summed E-state index contributed by atoms with van der Waals surface area (Å²) in [6, 6.07) is -0.121. The van der Waals surface area contributed by atoms with Crippen molar-refractivity contribution < 1.29 is 14.8 Å². The summed E-state index contributed by atoms with van der Waals surface area (Å²) in [7, 11) is -1.21. The summed E-state index contributed by atoms with van der Waals surface area (Å²) in [6.45, 7) is 6.75. The van der Waals surface area contributed by atoms with Gasteiger partial charge in [-0.3, -0.25) is 4.90 Å². The van der Waals surface area contributed by atoms with Gasteiger partial charge in [-0.05, 0) is 26.2 Å². The zero-order valence-corrected chi connectivity index (χ0v) is 10.7. The molecule has 2 saturated heterocycles. The van der Waals surface area contributed by atoms with Crippen LogP contribution >= 0.6 is 0 Å². The van der Waals surface area contributed by atoms with Gasteiger partial charge >= 0.3 is 7.12 Å². The van der Waals surface area contributed by atoms with E-state index in [0.29, 0.717) is 0 Å². The van der Waals surface area contributed by atoms with Gasteiger partial charge in [-0.2, -0.15) is 0 Å². The predicted octanol–water partition coefficient (Wildman–Crippen LogP) is -0.304. The molecular formula is C12H21BN2O3. The Bertz CT molecular complexity index is 378. The summed E-state index contributed by atoms with van der Waals surface area (Å²) in [5.74, 6) is -0.0223. The maximum Gasteiger partial charge on any atom is 0.456 e. The Morgan fingerprint density at radius 1 is 1.61 bits per heavy atom. The van der Waals surface area contributed by atoms with Crippen molar-refractivity contribution >= 4 is 7.12 Å². The third-order valence-corrected chi connectivity index (χ3v) is 4.78. The first-order chi connectivity index (χ1) is 8.47. The fourth-order valence-electron chi connectivity index (χ4n) is 3.53. The summed E-state index contributed by atoms with van der Waals surface area (Å²) in [6.07, 6.45) is 3.06. The summed E-state index contributed by atoms with van der Waals surface area (Å²) in [5, 5.41) is 18.7. The van der Waals surface area contributed by atoms with Crippen LogP contribution in [-0.2, 0) is 4.74 Å². The van der Waals surface area contributed by atoms with Gasteiger partial charge in [-0.25, -0.2) is 0 Å². The number of likely N-dealkylation sites (tertiary alicyclic amines) is 1. The summed E-state index contributed by atoms with van der Waals surface area (Å²) < 4.78 is 5.70. The highest BCUT2D eigenvalue weighted by atomic mass is 16.6. The van der Waals surface area contributed by atoms with Crippen LogP contribution in [-0.4, -0.2) is 52.5 Å². The number of nitrogens with two attached hydrogens (primary N) is 1. The van der Waals surface area contributed by atoms with Crippen molar-refractivity contribution in [2.45, 2.75) is 55.9 Å². The average Bonchev–Trinajstić information content (AvgIpc) is 3.15. The van der Waals surface area contributed by atoms with Crippen LogP contribution in [0, 0.1) is 0 Å². The molecule has 4 N–H and O–H groups in total. The van der Waals surface area contributed by atoms with E-state index in [-0.39, 0.29) is 29.7 Å². The molecule has 1 saturated carbocycles. The maximum atomic E-state index is 9.35. The molecular weight excluding hydrogens is 231 g/mol. The zero-order chi connectivity index (χ0) is 13.1. The Balaban J connectivity index is 1.66. The number of hydrogen-bond acceptors (Lipinski definition) is 5. The minimum absolute atomic E-state index is 0.0223. The Morgan fingerprint density at radius 3 is 2.89 bits per heavy atom. The summed E-state index contributed by atoms with van der Waals surface area (Å²) >= 11 is 0. The molecule has 0 aromatic heterocycles. The minimum Gasteiger partial charge on any atom is -0.427 e. The Morgan fingerprint density at radius 2 is 2.33 bits per heavy atom. The SMILES string of the molecule is C=C(C)[C@H](N)C1OC1N1CCCC12CC2B(O)O. The van der Waals surface area contributed by atoms with E-state index in [1.54, 1.807) is 0 Å². The van der Waals surface area contributed by atoms with Crippen molar-refractivity contribution in [2.24, 2.45) is 5.73 Å². The van der Waals surface area contributed by atoms with Gasteiger partial charge in [0.1, 0.15) is 12.3 Å². The quantitative estimate of drug-likeness (QED) is 0.363. The van der Waals surface area contributed by atoms with Crippen LogP contribution in [0.5, 0.6) is 0 Å². The molecule has 0 bridgehead atoms. The molecule has 0 aromatic carbocycles. The highest BCUT2D eigenvalue weighted by Gasteiger charge is 2.68. The summed E-state index contributed by atoms with van der Waals surface area (Å²) in [5.41, 5.74) is 6.93. The fraction of sp³-hybridized carbons (Fsp3) is 0.833. The molecule has 100 valence electrons. The highest BCUT2D eigenvalue weighted by Crippen LogP contribution is 2.62. The number of hydrogen-bond donors (Lipinski definition) is 3. The molecule has 4 unspecified atom stereocenters. The van der Waals surface area contributed by atoms with E-state index >= 15 is 0 Å². The molecule has 0 radical (unpaired) electrons. The second-order valence-corrected chi connectivity index (χ2v) is 5.99. The van der Waals surface area contributed by atoms with Gasteiger partial charge in [0.05, 0.1) is 6.04 Å². The van der Waals surface area contributed by atoms with Crippen molar-refractivity contribution in [3.8, 4) is 0 Å². The van der Waals surface area contributed by atoms with E-state index in [4.69, 9.17) is 10.5 Å². The van der Waals surface area contributed by atoms with Crippen molar-refractivity contribution in [3.63, 3.8) is 0 Å². The smallest absolute Gasteiger partial charge is 0.427 e. The van der Waals surface area contributed by atoms with Crippen molar-refractivity contribution in [1.29, 1.82) is 0 Å². The number of nitrogens with zero attached hydrogens (tertiary/aromatic N) is 1. The van der Waals surface area contributed by atoms with Crippen LogP contribution < -0.4 is 5.73 Å². The van der Waals surface area contributed by atoms with E-state index in [1.807, 2.05) is 6.92 Å². The second-order valence-electron chi connectivity index (χ2n) is 5.99. The van der Waals surface area contributed by atoms with E-state index in [9.17, 15) is 10.0 Å². The minimum atomic E-state index is -1.21.